The first-order chi connectivity index (χ1) is 4.24. The molecule has 0 amide bonds. The van der Waals surface area contributed by atoms with E-state index in [1.807, 2.05) is 7.85 Å². The SMILES string of the molecule is B[C@H]1C[C@@H](C)[C@@H](CO)O1. The molecular formula is C6H13BO2. The second kappa shape index (κ2) is 2.71. The average Bonchev–Trinajstić information content (AvgIpc) is 2.10. The summed E-state index contributed by atoms with van der Waals surface area (Å²) in [6, 6.07) is 0.345. The molecule has 0 saturated carbocycles. The van der Waals surface area contributed by atoms with Gasteiger partial charge >= 0.3 is 0 Å². The summed E-state index contributed by atoms with van der Waals surface area (Å²) in [6.07, 6.45) is 1.19. The third-order valence-corrected chi connectivity index (χ3v) is 1.93. The van der Waals surface area contributed by atoms with E-state index in [1.165, 1.54) is 0 Å². The Morgan fingerprint density at radius 3 is 2.67 bits per heavy atom. The standard InChI is InChI=1S/C6H13BO2/c1-4-2-6(7)9-5(4)3-8/h4-6,8H,2-3,7H2,1H3/t4-,5-,6-/m1/s1. The predicted molar refractivity (Wildman–Crippen MR) is 38.1 cm³/mol. The summed E-state index contributed by atoms with van der Waals surface area (Å²) >= 11 is 0. The quantitative estimate of drug-likeness (QED) is 0.476. The van der Waals surface area contributed by atoms with Gasteiger partial charge in [-0.15, -0.1) is 0 Å². The summed E-state index contributed by atoms with van der Waals surface area (Å²) < 4.78 is 5.37. The van der Waals surface area contributed by atoms with Gasteiger partial charge < -0.3 is 9.84 Å². The molecule has 3 atom stereocenters. The van der Waals surface area contributed by atoms with Crippen molar-refractivity contribution in [1.29, 1.82) is 0 Å². The van der Waals surface area contributed by atoms with E-state index < -0.39 is 0 Å². The molecule has 0 bridgehead atoms. The van der Waals surface area contributed by atoms with E-state index in [2.05, 4.69) is 6.92 Å². The number of hydrogen-bond acceptors (Lipinski definition) is 2. The van der Waals surface area contributed by atoms with Gasteiger partial charge in [-0.25, -0.2) is 0 Å². The Bertz CT molecular complexity index is 97.1. The van der Waals surface area contributed by atoms with Crippen molar-refractivity contribution in [2.75, 3.05) is 6.61 Å². The minimum atomic E-state index is 0.0972. The van der Waals surface area contributed by atoms with Crippen LogP contribution in [0.25, 0.3) is 0 Å². The fourth-order valence-electron chi connectivity index (χ4n) is 1.39. The van der Waals surface area contributed by atoms with Crippen LogP contribution < -0.4 is 0 Å². The third kappa shape index (κ3) is 1.46. The summed E-state index contributed by atoms with van der Waals surface area (Å²) in [7, 11) is 2.05. The minimum Gasteiger partial charge on any atom is -0.394 e. The van der Waals surface area contributed by atoms with Crippen molar-refractivity contribution in [3.8, 4) is 0 Å². The van der Waals surface area contributed by atoms with Crippen LogP contribution >= 0.6 is 0 Å². The number of ether oxygens (including phenoxy) is 1. The van der Waals surface area contributed by atoms with Gasteiger partial charge in [-0.1, -0.05) is 6.92 Å². The van der Waals surface area contributed by atoms with Gasteiger partial charge in [0.05, 0.1) is 12.7 Å². The molecule has 0 unspecified atom stereocenters. The van der Waals surface area contributed by atoms with Crippen LogP contribution in [0.5, 0.6) is 0 Å². The van der Waals surface area contributed by atoms with Crippen molar-refractivity contribution in [1.82, 2.24) is 0 Å². The van der Waals surface area contributed by atoms with Gasteiger partial charge in [-0.05, 0) is 12.3 Å². The normalized spacial score (nSPS) is 43.6. The monoisotopic (exact) mass is 128 g/mol. The molecule has 9 heavy (non-hydrogen) atoms. The Morgan fingerprint density at radius 1 is 1.78 bits per heavy atom. The van der Waals surface area contributed by atoms with Crippen LogP contribution in [0.15, 0.2) is 0 Å². The van der Waals surface area contributed by atoms with Crippen LogP contribution in [-0.2, 0) is 4.74 Å². The Kier molecular flexibility index (Phi) is 2.14. The van der Waals surface area contributed by atoms with E-state index in [9.17, 15) is 0 Å². The zero-order valence-corrected chi connectivity index (χ0v) is 6.00. The Morgan fingerprint density at radius 2 is 2.44 bits per heavy atom. The van der Waals surface area contributed by atoms with Crippen LogP contribution in [0, 0.1) is 5.92 Å². The highest BCUT2D eigenvalue weighted by molar-refractivity contribution is 6.11. The van der Waals surface area contributed by atoms with Gasteiger partial charge in [0.25, 0.3) is 0 Å². The zero-order chi connectivity index (χ0) is 6.85. The lowest BCUT2D eigenvalue weighted by Crippen LogP contribution is -2.18. The van der Waals surface area contributed by atoms with E-state index in [0.29, 0.717) is 11.9 Å². The van der Waals surface area contributed by atoms with Crippen LogP contribution in [0.1, 0.15) is 13.3 Å². The average molecular weight is 128 g/mol. The van der Waals surface area contributed by atoms with Gasteiger partial charge in [-0.2, -0.15) is 0 Å². The van der Waals surface area contributed by atoms with Gasteiger partial charge in [0.15, 0.2) is 0 Å². The summed E-state index contributed by atoms with van der Waals surface area (Å²) in [5.74, 6) is 0.532. The van der Waals surface area contributed by atoms with E-state index in [0.717, 1.165) is 6.42 Å². The predicted octanol–water partition coefficient (Wildman–Crippen LogP) is -0.637. The smallest absolute Gasteiger partial charge is 0.139 e. The van der Waals surface area contributed by atoms with Gasteiger partial charge in [-0.3, -0.25) is 0 Å². The maximum absolute atomic E-state index is 8.73. The third-order valence-electron chi connectivity index (χ3n) is 1.93. The lowest BCUT2D eigenvalue weighted by molar-refractivity contribution is 0.0293. The van der Waals surface area contributed by atoms with Crippen molar-refractivity contribution in [3.05, 3.63) is 0 Å². The largest absolute Gasteiger partial charge is 0.394 e. The maximum atomic E-state index is 8.73. The highest BCUT2D eigenvalue weighted by atomic mass is 16.5. The van der Waals surface area contributed by atoms with Crippen LogP contribution in [0.4, 0.5) is 0 Å². The summed E-state index contributed by atoms with van der Waals surface area (Å²) in [5, 5.41) is 8.73. The summed E-state index contributed by atoms with van der Waals surface area (Å²) in [6.45, 7) is 2.29. The Labute approximate surface area is 56.6 Å². The highest BCUT2D eigenvalue weighted by Gasteiger charge is 2.28. The molecule has 0 aliphatic carbocycles. The van der Waals surface area contributed by atoms with Crippen LogP contribution in [-0.4, -0.2) is 31.7 Å². The van der Waals surface area contributed by atoms with Gasteiger partial charge in [0.1, 0.15) is 7.85 Å². The lowest BCUT2D eigenvalue weighted by Gasteiger charge is -2.09. The molecule has 3 heteroatoms. The molecule has 1 aliphatic rings. The molecule has 1 fully saturated rings. The molecule has 0 aromatic rings. The second-order valence-corrected chi connectivity index (χ2v) is 2.88. The molecule has 1 aliphatic heterocycles. The van der Waals surface area contributed by atoms with E-state index in [-0.39, 0.29) is 12.7 Å². The molecule has 52 valence electrons. The van der Waals surface area contributed by atoms with Crippen molar-refractivity contribution >= 4 is 7.85 Å². The summed E-state index contributed by atoms with van der Waals surface area (Å²) in [5.41, 5.74) is 0. The number of aliphatic hydroxyl groups excluding tert-OH is 1. The molecule has 2 nitrogen and oxygen atoms in total. The molecule has 1 heterocycles. The molecule has 1 rings (SSSR count). The second-order valence-electron chi connectivity index (χ2n) is 2.88. The van der Waals surface area contributed by atoms with Crippen LogP contribution in [0.2, 0.25) is 0 Å². The van der Waals surface area contributed by atoms with E-state index in [4.69, 9.17) is 9.84 Å². The topological polar surface area (TPSA) is 29.5 Å². The molecule has 1 N–H and O–H groups in total. The first-order valence-corrected chi connectivity index (χ1v) is 3.50. The highest BCUT2D eigenvalue weighted by Crippen LogP contribution is 2.23. The molecular weight excluding hydrogens is 115 g/mol. The van der Waals surface area contributed by atoms with Crippen LogP contribution in [0.3, 0.4) is 0 Å². The zero-order valence-electron chi connectivity index (χ0n) is 6.00. The van der Waals surface area contributed by atoms with E-state index in [1.54, 1.807) is 0 Å². The van der Waals surface area contributed by atoms with Crippen molar-refractivity contribution in [2.45, 2.75) is 25.5 Å². The maximum Gasteiger partial charge on any atom is 0.139 e. The molecule has 0 aromatic carbocycles. The number of hydrogen-bond donors (Lipinski definition) is 1. The molecule has 0 radical (unpaired) electrons. The van der Waals surface area contributed by atoms with E-state index >= 15 is 0 Å². The fourth-order valence-corrected chi connectivity index (χ4v) is 1.39. The first-order valence-electron chi connectivity index (χ1n) is 3.50. The number of aliphatic hydroxyl groups is 1. The summed E-state index contributed by atoms with van der Waals surface area (Å²) in [4.78, 5) is 0. The van der Waals surface area contributed by atoms with Crippen molar-refractivity contribution < 1.29 is 9.84 Å². The van der Waals surface area contributed by atoms with Crippen molar-refractivity contribution in [2.24, 2.45) is 5.92 Å². The molecule has 1 saturated heterocycles. The Hall–Kier alpha value is -0.0151. The number of rotatable bonds is 1. The Balaban J connectivity index is 2.38. The lowest BCUT2D eigenvalue weighted by atomic mass is 9.92. The van der Waals surface area contributed by atoms with Crippen molar-refractivity contribution in [3.63, 3.8) is 0 Å². The molecule has 0 aromatic heterocycles. The molecule has 0 spiro atoms. The minimum absolute atomic E-state index is 0.0972. The fraction of sp³-hybridized carbons (Fsp3) is 1.00. The van der Waals surface area contributed by atoms with Gasteiger partial charge in [0.2, 0.25) is 0 Å². The first kappa shape index (κ1) is 7.10. The van der Waals surface area contributed by atoms with Gasteiger partial charge in [0, 0.05) is 6.00 Å².